The number of halogens is 2. The topological polar surface area (TPSA) is 84.8 Å². The van der Waals surface area contributed by atoms with Gasteiger partial charge in [0.1, 0.15) is 11.6 Å². The number of nitrogens with zero attached hydrogens (tertiary/aromatic N) is 3. The third kappa shape index (κ3) is 7.54. The summed E-state index contributed by atoms with van der Waals surface area (Å²) in [6.07, 6.45) is 4.43. The van der Waals surface area contributed by atoms with Crippen LogP contribution in [0.3, 0.4) is 0 Å². The number of aryl methyl sites for hydroxylation is 1. The van der Waals surface area contributed by atoms with E-state index in [1.165, 1.54) is 6.07 Å². The van der Waals surface area contributed by atoms with Crippen LogP contribution in [0, 0.1) is 18.2 Å². The van der Waals surface area contributed by atoms with Crippen LogP contribution in [0.1, 0.15) is 70.4 Å². The minimum atomic E-state index is -1.19. The quantitative estimate of drug-likeness (QED) is 0.280. The number of hydrogen-bond acceptors (Lipinski definition) is 6. The van der Waals surface area contributed by atoms with Gasteiger partial charge in [0, 0.05) is 53.1 Å². The molecule has 1 fully saturated rings. The third-order valence-corrected chi connectivity index (χ3v) is 7.73. The minimum Gasteiger partial charge on any atom is -0.492 e. The number of benzene rings is 1. The molecule has 0 radical (unpaired) electrons. The van der Waals surface area contributed by atoms with E-state index in [4.69, 9.17) is 21.1 Å². The van der Waals surface area contributed by atoms with Crippen LogP contribution in [0.15, 0.2) is 42.7 Å². The summed E-state index contributed by atoms with van der Waals surface area (Å²) in [4.78, 5) is 24.1. The van der Waals surface area contributed by atoms with Crippen LogP contribution in [0.4, 0.5) is 10.1 Å². The Balaban J connectivity index is 1.68. The summed E-state index contributed by atoms with van der Waals surface area (Å²) in [5.41, 5.74) is 3.26. The number of rotatable bonds is 9. The van der Waals surface area contributed by atoms with E-state index < -0.39 is 17.7 Å². The number of carboxylic acids is 1. The molecule has 0 aliphatic carbocycles. The van der Waals surface area contributed by atoms with Gasteiger partial charge in [-0.1, -0.05) is 31.5 Å². The Morgan fingerprint density at radius 2 is 1.85 bits per heavy atom. The zero-order valence-corrected chi connectivity index (χ0v) is 25.4. The monoisotopic (exact) mass is 583 g/mol. The molecular weight excluding hydrogens is 545 g/mol. The van der Waals surface area contributed by atoms with Gasteiger partial charge in [-0.05, 0) is 70.2 Å². The van der Waals surface area contributed by atoms with Gasteiger partial charge in [-0.2, -0.15) is 0 Å². The number of hydrogen-bond donors (Lipinski definition) is 1. The van der Waals surface area contributed by atoms with Crippen molar-refractivity contribution in [2.75, 3.05) is 24.6 Å². The molecule has 1 atom stereocenters. The number of carboxylic acid groups (broad SMARTS) is 1. The molecule has 7 nitrogen and oxygen atoms in total. The smallest absolute Gasteiger partial charge is 0.337 e. The molecule has 0 saturated carbocycles. The van der Waals surface area contributed by atoms with Gasteiger partial charge in [-0.25, -0.2) is 9.18 Å². The first kappa shape index (κ1) is 30.7. The fourth-order valence-corrected chi connectivity index (χ4v) is 5.30. The summed E-state index contributed by atoms with van der Waals surface area (Å²) in [7, 11) is 0. The van der Waals surface area contributed by atoms with Crippen LogP contribution in [-0.4, -0.2) is 46.3 Å². The first-order valence-electron chi connectivity index (χ1n) is 13.9. The van der Waals surface area contributed by atoms with E-state index in [1.807, 2.05) is 33.8 Å². The lowest BCUT2D eigenvalue weighted by Crippen LogP contribution is -2.39. The molecule has 4 rings (SSSR count). The Morgan fingerprint density at radius 3 is 2.44 bits per heavy atom. The minimum absolute atomic E-state index is 0.205. The molecule has 2 aromatic heterocycles. The van der Waals surface area contributed by atoms with Crippen LogP contribution in [0.5, 0.6) is 5.75 Å². The molecule has 3 aromatic rings. The highest BCUT2D eigenvalue weighted by molar-refractivity contribution is 6.31. The number of aliphatic carboxylic acids is 1. The predicted octanol–water partition coefficient (Wildman–Crippen LogP) is 7.43. The molecule has 0 amide bonds. The maximum atomic E-state index is 14.1. The maximum absolute atomic E-state index is 14.1. The van der Waals surface area contributed by atoms with E-state index in [0.29, 0.717) is 39.7 Å². The first-order valence-corrected chi connectivity index (χ1v) is 14.3. The molecule has 9 heteroatoms. The van der Waals surface area contributed by atoms with Gasteiger partial charge in [0.25, 0.3) is 0 Å². The van der Waals surface area contributed by atoms with E-state index >= 15 is 0 Å². The molecule has 1 aliphatic rings. The Bertz CT molecular complexity index is 1360. The molecule has 1 aromatic carbocycles. The van der Waals surface area contributed by atoms with Gasteiger partial charge in [-0.15, -0.1) is 0 Å². The fraction of sp³-hybridized carbons (Fsp3) is 0.469. The second-order valence-corrected chi connectivity index (χ2v) is 12.7. The largest absolute Gasteiger partial charge is 0.492 e. The number of ether oxygens (including phenoxy) is 2. The lowest BCUT2D eigenvalue weighted by molar-refractivity contribution is -0.160. The lowest BCUT2D eigenvalue weighted by Gasteiger charge is -2.40. The van der Waals surface area contributed by atoms with Crippen molar-refractivity contribution < 1.29 is 23.8 Å². The summed E-state index contributed by atoms with van der Waals surface area (Å²) < 4.78 is 26.0. The first-order chi connectivity index (χ1) is 19.3. The maximum Gasteiger partial charge on any atom is 0.337 e. The lowest BCUT2D eigenvalue weighted by atomic mass is 9.82. The second kappa shape index (κ2) is 12.3. The zero-order chi connectivity index (χ0) is 29.9. The Kier molecular flexibility index (Phi) is 9.24. The number of piperidine rings is 1. The van der Waals surface area contributed by atoms with Crippen molar-refractivity contribution in [1.82, 2.24) is 9.97 Å². The van der Waals surface area contributed by atoms with Gasteiger partial charge in [0.05, 0.1) is 29.8 Å². The molecule has 220 valence electrons. The summed E-state index contributed by atoms with van der Waals surface area (Å²) in [6.45, 7) is 13.7. The van der Waals surface area contributed by atoms with Crippen LogP contribution in [0.2, 0.25) is 5.02 Å². The molecule has 0 spiro atoms. The second-order valence-electron chi connectivity index (χ2n) is 12.3. The highest BCUT2D eigenvalue weighted by Gasteiger charge is 2.36. The highest BCUT2D eigenvalue weighted by Crippen LogP contribution is 2.43. The molecule has 3 heterocycles. The van der Waals surface area contributed by atoms with Crippen molar-refractivity contribution in [2.24, 2.45) is 5.41 Å². The standard InChI is InChI=1S/C32H39ClFN3O4/c1-20-27(29(30(38)39)41-31(2,3)4)28(37-15-13-32(5,6)14-16-37)23(19-35-20)26-11-10-21(18-36-26)40-17-12-22-24(33)8-7-9-25(22)34/h7-11,18-19,29H,12-17H2,1-6H3,(H,38,39). The van der Waals surface area contributed by atoms with Crippen LogP contribution in [-0.2, 0) is 16.0 Å². The third-order valence-electron chi connectivity index (χ3n) is 7.37. The molecule has 0 bridgehead atoms. The summed E-state index contributed by atoms with van der Waals surface area (Å²) in [6, 6.07) is 8.24. The van der Waals surface area contributed by atoms with Crippen LogP contribution >= 0.6 is 11.6 Å². The van der Waals surface area contributed by atoms with E-state index in [9.17, 15) is 14.3 Å². The average molecular weight is 584 g/mol. The van der Waals surface area contributed by atoms with Gasteiger partial charge in [0.2, 0.25) is 0 Å². The molecule has 1 unspecified atom stereocenters. The molecule has 1 saturated heterocycles. The highest BCUT2D eigenvalue weighted by atomic mass is 35.5. The van der Waals surface area contributed by atoms with Crippen molar-refractivity contribution in [3.8, 4) is 17.0 Å². The van der Waals surface area contributed by atoms with Crippen molar-refractivity contribution in [2.45, 2.75) is 72.5 Å². The fourth-order valence-electron chi connectivity index (χ4n) is 5.04. The number of pyridine rings is 2. The summed E-state index contributed by atoms with van der Waals surface area (Å²) in [5.74, 6) is -0.893. The SMILES string of the molecule is Cc1ncc(-c2ccc(OCCc3c(F)cccc3Cl)cn2)c(N2CCC(C)(C)CC2)c1C(OC(C)(C)C)C(=O)O. The Hall–Kier alpha value is -3.23. The molecule has 41 heavy (non-hydrogen) atoms. The Morgan fingerprint density at radius 1 is 1.15 bits per heavy atom. The van der Waals surface area contributed by atoms with E-state index in [2.05, 4.69) is 28.7 Å². The summed E-state index contributed by atoms with van der Waals surface area (Å²) >= 11 is 6.13. The zero-order valence-electron chi connectivity index (χ0n) is 24.6. The van der Waals surface area contributed by atoms with Crippen molar-refractivity contribution >= 4 is 23.3 Å². The number of carbonyl (C=O) groups is 1. The number of aromatic nitrogens is 2. The van der Waals surface area contributed by atoms with Gasteiger partial charge >= 0.3 is 5.97 Å². The van der Waals surface area contributed by atoms with E-state index in [0.717, 1.165) is 37.2 Å². The van der Waals surface area contributed by atoms with Crippen molar-refractivity contribution in [1.29, 1.82) is 0 Å². The summed E-state index contributed by atoms with van der Waals surface area (Å²) in [5, 5.41) is 10.7. The normalized spacial score (nSPS) is 16.0. The average Bonchev–Trinajstić information content (AvgIpc) is 2.89. The molecule has 1 aliphatic heterocycles. The van der Waals surface area contributed by atoms with E-state index in [1.54, 1.807) is 30.6 Å². The van der Waals surface area contributed by atoms with Gasteiger partial charge < -0.3 is 19.5 Å². The predicted molar refractivity (Wildman–Crippen MR) is 159 cm³/mol. The van der Waals surface area contributed by atoms with E-state index in [-0.39, 0.29) is 17.8 Å². The number of anilines is 1. The van der Waals surface area contributed by atoms with Crippen molar-refractivity contribution in [3.05, 3.63) is 70.4 Å². The molecular formula is C32H39ClFN3O4. The van der Waals surface area contributed by atoms with Gasteiger partial charge in [0.15, 0.2) is 6.10 Å². The van der Waals surface area contributed by atoms with Crippen LogP contribution < -0.4 is 9.64 Å². The van der Waals surface area contributed by atoms with Crippen molar-refractivity contribution in [3.63, 3.8) is 0 Å². The van der Waals surface area contributed by atoms with Gasteiger partial charge in [-0.3, -0.25) is 9.97 Å². The van der Waals surface area contributed by atoms with Crippen LogP contribution in [0.25, 0.3) is 11.3 Å². The Labute approximate surface area is 246 Å². The molecule has 1 N–H and O–H groups in total.